The van der Waals surface area contributed by atoms with Crippen LogP contribution < -0.4 is 9.47 Å². The highest BCUT2D eigenvalue weighted by molar-refractivity contribution is 6.30. The summed E-state index contributed by atoms with van der Waals surface area (Å²) in [5.74, 6) is 3.30. The molecule has 0 unspecified atom stereocenters. The number of benzene rings is 2. The molecule has 2 aromatic carbocycles. The third kappa shape index (κ3) is 2.83. The van der Waals surface area contributed by atoms with Gasteiger partial charge in [0.1, 0.15) is 28.7 Å². The van der Waals surface area contributed by atoms with Crippen molar-refractivity contribution in [2.45, 2.75) is 25.6 Å². The zero-order chi connectivity index (χ0) is 19.3. The second-order valence-electron chi connectivity index (χ2n) is 6.98. The van der Waals surface area contributed by atoms with Crippen molar-refractivity contribution in [2.24, 2.45) is 5.10 Å². The minimum absolute atomic E-state index is 0.0370. The molecule has 3 aromatic rings. The average Bonchev–Trinajstić information content (AvgIpc) is 3.34. The van der Waals surface area contributed by atoms with Crippen molar-refractivity contribution in [3.05, 3.63) is 82.3 Å². The van der Waals surface area contributed by atoms with E-state index in [0.29, 0.717) is 5.02 Å². The van der Waals surface area contributed by atoms with Crippen LogP contribution in [0.15, 0.2) is 64.1 Å². The molecule has 0 spiro atoms. The number of hydrogen-bond acceptors (Lipinski definition) is 5. The van der Waals surface area contributed by atoms with Gasteiger partial charge < -0.3 is 13.9 Å². The Kier molecular flexibility index (Phi) is 4.05. The molecule has 2 aliphatic heterocycles. The van der Waals surface area contributed by atoms with Crippen molar-refractivity contribution in [1.82, 2.24) is 5.01 Å². The van der Waals surface area contributed by atoms with Crippen LogP contribution in [-0.4, -0.2) is 17.8 Å². The molecule has 5 nitrogen and oxygen atoms in total. The molecule has 0 aliphatic carbocycles. The number of halogens is 1. The summed E-state index contributed by atoms with van der Waals surface area (Å²) in [5.41, 5.74) is 2.96. The van der Waals surface area contributed by atoms with Crippen LogP contribution in [-0.2, 0) is 0 Å². The molecule has 0 amide bonds. The topological polar surface area (TPSA) is 47.2 Å². The molecule has 0 saturated carbocycles. The Morgan fingerprint density at radius 1 is 1.11 bits per heavy atom. The van der Waals surface area contributed by atoms with Crippen LogP contribution >= 0.6 is 11.6 Å². The van der Waals surface area contributed by atoms with Crippen LogP contribution in [0.25, 0.3) is 0 Å². The number of ether oxygens (including phenoxy) is 2. The number of rotatable bonds is 3. The molecular weight excluding hydrogens is 376 g/mol. The molecule has 0 N–H and O–H groups in total. The Morgan fingerprint density at radius 2 is 1.93 bits per heavy atom. The molecule has 0 saturated heterocycles. The average molecular weight is 395 g/mol. The third-order valence-corrected chi connectivity index (χ3v) is 5.41. The first-order valence-electron chi connectivity index (χ1n) is 9.15. The SMILES string of the molecule is COc1ccc([C@@H]2Oc3ccc(Cl)cc3[C@@H]3CC(c4ccc(C)o4)=NN32)cc1. The van der Waals surface area contributed by atoms with Gasteiger partial charge in [-0.15, -0.1) is 0 Å². The Hall–Kier alpha value is -2.92. The summed E-state index contributed by atoms with van der Waals surface area (Å²) in [5, 5.41) is 7.57. The minimum Gasteiger partial charge on any atom is -0.497 e. The molecule has 2 aliphatic rings. The van der Waals surface area contributed by atoms with E-state index in [0.717, 1.165) is 46.3 Å². The van der Waals surface area contributed by atoms with Crippen LogP contribution in [0.1, 0.15) is 41.3 Å². The van der Waals surface area contributed by atoms with Crippen LogP contribution in [0.4, 0.5) is 0 Å². The Morgan fingerprint density at radius 3 is 2.64 bits per heavy atom. The van der Waals surface area contributed by atoms with E-state index in [2.05, 4.69) is 0 Å². The fourth-order valence-electron chi connectivity index (χ4n) is 3.79. The number of fused-ring (bicyclic) bond motifs is 3. The molecule has 2 atom stereocenters. The van der Waals surface area contributed by atoms with Gasteiger partial charge in [-0.3, -0.25) is 0 Å². The van der Waals surface area contributed by atoms with E-state index in [1.54, 1.807) is 7.11 Å². The lowest BCUT2D eigenvalue weighted by atomic mass is 9.97. The van der Waals surface area contributed by atoms with Crippen molar-refractivity contribution < 1.29 is 13.9 Å². The predicted molar refractivity (Wildman–Crippen MR) is 107 cm³/mol. The normalized spacial score (nSPS) is 20.2. The molecule has 0 radical (unpaired) electrons. The van der Waals surface area contributed by atoms with E-state index in [9.17, 15) is 0 Å². The van der Waals surface area contributed by atoms with Gasteiger partial charge in [0.15, 0.2) is 0 Å². The first kappa shape index (κ1) is 17.2. The number of methoxy groups -OCH3 is 1. The van der Waals surface area contributed by atoms with Crippen LogP contribution in [0.2, 0.25) is 5.02 Å². The lowest BCUT2D eigenvalue weighted by Gasteiger charge is -2.38. The summed E-state index contributed by atoms with van der Waals surface area (Å²) in [6.07, 6.45) is 0.397. The number of nitrogens with zero attached hydrogens (tertiary/aromatic N) is 2. The molecule has 3 heterocycles. The first-order valence-corrected chi connectivity index (χ1v) is 9.53. The lowest BCUT2D eigenvalue weighted by molar-refractivity contribution is -0.0190. The van der Waals surface area contributed by atoms with Gasteiger partial charge >= 0.3 is 0 Å². The quantitative estimate of drug-likeness (QED) is 0.589. The van der Waals surface area contributed by atoms with Gasteiger partial charge in [-0.2, -0.15) is 5.10 Å². The van der Waals surface area contributed by atoms with Crippen LogP contribution in [0.3, 0.4) is 0 Å². The maximum absolute atomic E-state index is 6.34. The molecule has 0 fully saturated rings. The Balaban J connectivity index is 1.58. The van der Waals surface area contributed by atoms with Gasteiger partial charge in [0.2, 0.25) is 6.23 Å². The van der Waals surface area contributed by atoms with Crippen molar-refractivity contribution in [1.29, 1.82) is 0 Å². The molecular formula is C22H19ClN2O3. The highest BCUT2D eigenvalue weighted by Crippen LogP contribution is 2.48. The van der Waals surface area contributed by atoms with Gasteiger partial charge in [0.25, 0.3) is 0 Å². The summed E-state index contributed by atoms with van der Waals surface area (Å²) in [6, 6.07) is 17.6. The highest BCUT2D eigenvalue weighted by atomic mass is 35.5. The zero-order valence-electron chi connectivity index (χ0n) is 15.6. The molecule has 6 heteroatoms. The van der Waals surface area contributed by atoms with E-state index in [4.69, 9.17) is 30.6 Å². The molecule has 5 rings (SSSR count). The lowest BCUT2D eigenvalue weighted by Crippen LogP contribution is -2.33. The fraction of sp³-hybridized carbons (Fsp3) is 0.227. The molecule has 0 bridgehead atoms. The van der Waals surface area contributed by atoms with Crippen molar-refractivity contribution >= 4 is 17.3 Å². The van der Waals surface area contributed by atoms with Crippen LogP contribution in [0, 0.1) is 6.92 Å². The van der Waals surface area contributed by atoms with Gasteiger partial charge in [-0.25, -0.2) is 5.01 Å². The molecule has 142 valence electrons. The summed E-state index contributed by atoms with van der Waals surface area (Å²) in [6.45, 7) is 1.94. The zero-order valence-corrected chi connectivity index (χ0v) is 16.3. The van der Waals surface area contributed by atoms with E-state index < -0.39 is 0 Å². The maximum atomic E-state index is 6.34. The minimum atomic E-state index is -0.335. The predicted octanol–water partition coefficient (Wildman–Crippen LogP) is 5.49. The third-order valence-electron chi connectivity index (χ3n) is 5.18. The highest BCUT2D eigenvalue weighted by Gasteiger charge is 2.41. The molecule has 28 heavy (non-hydrogen) atoms. The number of aryl methyl sites for hydroxylation is 1. The number of hydrazone groups is 1. The van der Waals surface area contributed by atoms with E-state index in [-0.39, 0.29) is 12.3 Å². The van der Waals surface area contributed by atoms with Gasteiger partial charge in [0, 0.05) is 22.6 Å². The first-order chi connectivity index (χ1) is 13.6. The smallest absolute Gasteiger partial charge is 0.213 e. The van der Waals surface area contributed by atoms with Gasteiger partial charge in [-0.05, 0) is 61.5 Å². The fourth-order valence-corrected chi connectivity index (χ4v) is 3.97. The van der Waals surface area contributed by atoms with E-state index >= 15 is 0 Å². The van der Waals surface area contributed by atoms with Gasteiger partial charge in [0.05, 0.1) is 13.2 Å². The summed E-state index contributed by atoms with van der Waals surface area (Å²) in [4.78, 5) is 0. The maximum Gasteiger partial charge on any atom is 0.213 e. The van der Waals surface area contributed by atoms with Crippen molar-refractivity contribution in [3.8, 4) is 11.5 Å². The van der Waals surface area contributed by atoms with Crippen LogP contribution in [0.5, 0.6) is 11.5 Å². The van der Waals surface area contributed by atoms with Gasteiger partial charge in [-0.1, -0.05) is 11.6 Å². The number of furan rings is 1. The van der Waals surface area contributed by atoms with Crippen molar-refractivity contribution in [3.63, 3.8) is 0 Å². The second-order valence-corrected chi connectivity index (χ2v) is 7.42. The Bertz CT molecular complexity index is 1060. The summed E-state index contributed by atoms with van der Waals surface area (Å²) < 4.78 is 17.4. The monoisotopic (exact) mass is 394 g/mol. The Labute approximate surface area is 168 Å². The van der Waals surface area contributed by atoms with E-state index in [1.807, 2.05) is 66.5 Å². The second kappa shape index (κ2) is 6.60. The standard InChI is InChI=1S/C22H19ClN2O3/c1-13-3-9-21(27-13)18-12-19-17-11-15(23)6-10-20(17)28-22(25(19)24-18)14-4-7-16(26-2)8-5-14/h3-11,19,22H,12H2,1-2H3/t19-,22-/m0/s1. The largest absolute Gasteiger partial charge is 0.497 e. The summed E-state index contributed by atoms with van der Waals surface area (Å²) >= 11 is 6.27. The number of hydrogen-bond donors (Lipinski definition) is 0. The van der Waals surface area contributed by atoms with E-state index in [1.165, 1.54) is 0 Å². The van der Waals surface area contributed by atoms with Crippen molar-refractivity contribution in [2.75, 3.05) is 7.11 Å². The molecule has 1 aromatic heterocycles. The summed E-state index contributed by atoms with van der Waals surface area (Å²) in [7, 11) is 1.66.